The number of aromatic amines is 1. The average molecular weight is 216 g/mol. The van der Waals surface area contributed by atoms with Crippen molar-refractivity contribution >= 4 is 23.2 Å². The molecule has 0 radical (unpaired) electrons. The quantitative estimate of drug-likeness (QED) is 0.763. The highest BCUT2D eigenvalue weighted by Gasteiger charge is 2.09. The van der Waals surface area contributed by atoms with Gasteiger partial charge in [-0.25, -0.2) is 0 Å². The number of nitrogens with one attached hydrogen (secondary N) is 1. The number of H-pyrrole nitrogens is 1. The molecule has 82 valence electrons. The van der Waals surface area contributed by atoms with Gasteiger partial charge in [0.2, 0.25) is 0 Å². The third-order valence-corrected chi connectivity index (χ3v) is 2.52. The van der Waals surface area contributed by atoms with Crippen LogP contribution in [0.3, 0.4) is 0 Å². The van der Waals surface area contributed by atoms with Gasteiger partial charge in [0, 0.05) is 28.1 Å². The van der Waals surface area contributed by atoms with Gasteiger partial charge in [0.1, 0.15) is 0 Å². The number of aliphatic carboxylic acids is 1. The fraction of sp³-hybridized carbons (Fsp3) is 0.167. The van der Waals surface area contributed by atoms with E-state index in [4.69, 9.17) is 0 Å². The predicted molar refractivity (Wildman–Crippen MR) is 57.0 cm³/mol. The third kappa shape index (κ3) is 1.82. The van der Waals surface area contributed by atoms with Gasteiger partial charge >= 0.3 is 0 Å². The van der Waals surface area contributed by atoms with Crippen LogP contribution in [0.2, 0.25) is 0 Å². The van der Waals surface area contributed by atoms with Gasteiger partial charge in [-0.3, -0.25) is 4.79 Å². The summed E-state index contributed by atoms with van der Waals surface area (Å²) in [6, 6.07) is 7.38. The van der Waals surface area contributed by atoms with E-state index in [0.29, 0.717) is 11.3 Å². The minimum Gasteiger partial charge on any atom is -0.550 e. The summed E-state index contributed by atoms with van der Waals surface area (Å²) < 4.78 is 0. The van der Waals surface area contributed by atoms with E-state index in [0.717, 1.165) is 17.2 Å². The van der Waals surface area contributed by atoms with Gasteiger partial charge in [-0.15, -0.1) is 0 Å². The summed E-state index contributed by atoms with van der Waals surface area (Å²) in [7, 11) is 0. The van der Waals surface area contributed by atoms with E-state index in [-0.39, 0.29) is 12.8 Å². The molecule has 0 fully saturated rings. The number of hydrogen-bond acceptors (Lipinski definition) is 3. The zero-order valence-corrected chi connectivity index (χ0v) is 8.53. The number of aldehydes is 1. The van der Waals surface area contributed by atoms with Crippen molar-refractivity contribution in [3.63, 3.8) is 0 Å². The van der Waals surface area contributed by atoms with E-state index in [1.54, 1.807) is 0 Å². The van der Waals surface area contributed by atoms with Crippen molar-refractivity contribution < 1.29 is 14.7 Å². The minimum absolute atomic E-state index is 0.0896. The summed E-state index contributed by atoms with van der Waals surface area (Å²) in [5, 5.41) is 11.2. The molecule has 0 unspecified atom stereocenters. The number of benzene rings is 1. The summed E-state index contributed by atoms with van der Waals surface area (Å²) >= 11 is 0. The van der Waals surface area contributed by atoms with Crippen molar-refractivity contribution in [3.8, 4) is 0 Å². The van der Waals surface area contributed by atoms with Crippen LogP contribution in [0.4, 0.5) is 0 Å². The van der Waals surface area contributed by atoms with Crippen LogP contribution in [0.25, 0.3) is 10.9 Å². The van der Waals surface area contributed by atoms with E-state index in [1.807, 2.05) is 24.3 Å². The second-order valence-electron chi connectivity index (χ2n) is 3.55. The Labute approximate surface area is 91.9 Å². The number of para-hydroxylation sites is 1. The molecular formula is C12H10NO3-. The number of carboxylic acid groups (broad SMARTS) is 1. The summed E-state index contributed by atoms with van der Waals surface area (Å²) in [4.78, 5) is 24.4. The van der Waals surface area contributed by atoms with Crippen LogP contribution >= 0.6 is 0 Å². The van der Waals surface area contributed by atoms with Gasteiger partial charge in [-0.05, 0) is 18.9 Å². The molecule has 1 aromatic heterocycles. The number of rotatable bonds is 4. The Hall–Kier alpha value is -2.10. The maximum atomic E-state index is 11.0. The molecule has 0 aliphatic rings. The van der Waals surface area contributed by atoms with E-state index < -0.39 is 5.97 Å². The van der Waals surface area contributed by atoms with E-state index in [1.165, 1.54) is 0 Å². The van der Waals surface area contributed by atoms with E-state index in [9.17, 15) is 14.7 Å². The van der Waals surface area contributed by atoms with Gasteiger partial charge in [-0.1, -0.05) is 18.2 Å². The molecule has 4 nitrogen and oxygen atoms in total. The maximum absolute atomic E-state index is 11.0. The zero-order valence-electron chi connectivity index (χ0n) is 8.53. The molecular weight excluding hydrogens is 206 g/mol. The van der Waals surface area contributed by atoms with Crippen molar-refractivity contribution in [1.82, 2.24) is 4.98 Å². The Morgan fingerprint density at radius 1 is 1.38 bits per heavy atom. The van der Waals surface area contributed by atoms with Crippen LogP contribution in [0.15, 0.2) is 24.3 Å². The molecule has 1 heterocycles. The molecule has 0 saturated heterocycles. The normalized spacial score (nSPS) is 10.5. The van der Waals surface area contributed by atoms with Crippen LogP contribution < -0.4 is 5.11 Å². The van der Waals surface area contributed by atoms with Crippen LogP contribution in [-0.4, -0.2) is 17.2 Å². The highest BCUT2D eigenvalue weighted by Crippen LogP contribution is 2.21. The lowest BCUT2D eigenvalue weighted by Gasteiger charge is -2.00. The summed E-state index contributed by atoms with van der Waals surface area (Å²) in [5.74, 6) is -1.12. The Balaban J connectivity index is 2.44. The van der Waals surface area contributed by atoms with Crippen molar-refractivity contribution in [2.75, 3.05) is 0 Å². The van der Waals surface area contributed by atoms with Gasteiger partial charge in [0.25, 0.3) is 0 Å². The van der Waals surface area contributed by atoms with E-state index in [2.05, 4.69) is 4.98 Å². The number of aryl methyl sites for hydroxylation is 1. The third-order valence-electron chi connectivity index (χ3n) is 2.52. The van der Waals surface area contributed by atoms with Crippen molar-refractivity contribution in [2.45, 2.75) is 12.8 Å². The summed E-state index contributed by atoms with van der Waals surface area (Å²) in [6.45, 7) is 0. The molecule has 4 heteroatoms. The predicted octanol–water partition coefficient (Wildman–Crippen LogP) is 0.663. The summed E-state index contributed by atoms with van der Waals surface area (Å²) in [6.07, 6.45) is 0.947. The van der Waals surface area contributed by atoms with Gasteiger partial charge in [-0.2, -0.15) is 0 Å². The van der Waals surface area contributed by atoms with Gasteiger partial charge < -0.3 is 14.9 Å². The first kappa shape index (κ1) is 10.4. The van der Waals surface area contributed by atoms with Crippen molar-refractivity contribution in [2.24, 2.45) is 0 Å². The highest BCUT2D eigenvalue weighted by atomic mass is 16.4. The second kappa shape index (κ2) is 4.18. The fourth-order valence-corrected chi connectivity index (χ4v) is 1.78. The smallest absolute Gasteiger partial charge is 0.152 e. The second-order valence-corrected chi connectivity index (χ2v) is 3.55. The molecule has 0 saturated carbocycles. The molecule has 0 spiro atoms. The molecule has 0 aliphatic carbocycles. The lowest BCUT2D eigenvalue weighted by Crippen LogP contribution is -2.22. The van der Waals surface area contributed by atoms with Gasteiger partial charge in [0.05, 0.1) is 0 Å². The number of carboxylic acids is 1. The number of carbonyl (C=O) groups excluding carboxylic acids is 2. The molecule has 1 N–H and O–H groups in total. The summed E-state index contributed by atoms with van der Waals surface area (Å²) in [5.41, 5.74) is 2.04. The standard InChI is InChI=1S/C12H11NO3/c14-7-9-8-3-1-2-4-10(8)13-11(9)5-6-12(15)16/h1-4,7,13H,5-6H2,(H,15,16)/p-1. The first-order chi connectivity index (χ1) is 7.72. The molecule has 0 aliphatic heterocycles. The minimum atomic E-state index is -1.12. The van der Waals surface area contributed by atoms with Crippen LogP contribution in [0, 0.1) is 0 Å². The molecule has 0 amide bonds. The average Bonchev–Trinajstić information content (AvgIpc) is 2.63. The van der Waals surface area contributed by atoms with Crippen molar-refractivity contribution in [1.29, 1.82) is 0 Å². The van der Waals surface area contributed by atoms with E-state index >= 15 is 0 Å². The first-order valence-corrected chi connectivity index (χ1v) is 4.97. The number of hydrogen-bond donors (Lipinski definition) is 1. The maximum Gasteiger partial charge on any atom is 0.152 e. The lowest BCUT2D eigenvalue weighted by atomic mass is 10.1. The van der Waals surface area contributed by atoms with Crippen molar-refractivity contribution in [3.05, 3.63) is 35.5 Å². The molecule has 0 atom stereocenters. The Morgan fingerprint density at radius 3 is 2.81 bits per heavy atom. The number of aromatic nitrogens is 1. The van der Waals surface area contributed by atoms with Crippen LogP contribution in [0.1, 0.15) is 22.5 Å². The number of carbonyl (C=O) groups is 2. The largest absolute Gasteiger partial charge is 0.550 e. The zero-order chi connectivity index (χ0) is 11.5. The molecule has 0 bridgehead atoms. The first-order valence-electron chi connectivity index (χ1n) is 4.97. The monoisotopic (exact) mass is 216 g/mol. The van der Waals surface area contributed by atoms with Crippen LogP contribution in [0.5, 0.6) is 0 Å². The van der Waals surface area contributed by atoms with Crippen LogP contribution in [-0.2, 0) is 11.2 Å². The van der Waals surface area contributed by atoms with Gasteiger partial charge in [0.15, 0.2) is 6.29 Å². The molecule has 1 aromatic carbocycles. The Kier molecular flexibility index (Phi) is 2.72. The Bertz CT molecular complexity index is 542. The SMILES string of the molecule is O=Cc1c(CCC(=O)[O-])[nH]c2ccccc12. The molecule has 16 heavy (non-hydrogen) atoms. The number of fused-ring (bicyclic) bond motifs is 1. The lowest BCUT2D eigenvalue weighted by molar-refractivity contribution is -0.305. The molecule has 2 aromatic rings. The topological polar surface area (TPSA) is 73.0 Å². The molecule has 2 rings (SSSR count). The Morgan fingerprint density at radius 2 is 2.12 bits per heavy atom. The highest BCUT2D eigenvalue weighted by molar-refractivity contribution is 5.98. The fourth-order valence-electron chi connectivity index (χ4n) is 1.78.